The Bertz CT molecular complexity index is 1600. The number of aliphatic carboxylic acids is 1. The van der Waals surface area contributed by atoms with Crippen molar-refractivity contribution in [3.63, 3.8) is 0 Å². The first kappa shape index (κ1) is 33.9. The second-order valence-corrected chi connectivity index (χ2v) is 14.7. The number of aryl methyl sites for hydroxylation is 2. The molecule has 46 heavy (non-hydrogen) atoms. The lowest BCUT2D eigenvalue weighted by Gasteiger charge is -2.41. The second kappa shape index (κ2) is 12.6. The molecule has 0 spiro atoms. The average molecular weight is 638 g/mol. The van der Waals surface area contributed by atoms with E-state index in [1.165, 1.54) is 17.7 Å². The van der Waals surface area contributed by atoms with Crippen molar-refractivity contribution in [1.29, 1.82) is 0 Å². The monoisotopic (exact) mass is 637 g/mol. The molecule has 0 aliphatic carbocycles. The van der Waals surface area contributed by atoms with Crippen LogP contribution in [0.25, 0.3) is 11.1 Å². The fourth-order valence-electron chi connectivity index (χ4n) is 6.76. The smallest absolute Gasteiger partial charge is 0.416 e. The van der Waals surface area contributed by atoms with Crippen LogP contribution in [-0.2, 0) is 35.2 Å². The van der Waals surface area contributed by atoms with Gasteiger partial charge in [0.25, 0.3) is 0 Å². The highest BCUT2D eigenvalue weighted by molar-refractivity contribution is 5.88. The van der Waals surface area contributed by atoms with Gasteiger partial charge >= 0.3 is 12.1 Å². The lowest BCUT2D eigenvalue weighted by molar-refractivity contribution is -0.160. The van der Waals surface area contributed by atoms with Crippen molar-refractivity contribution >= 4 is 11.7 Å². The van der Waals surface area contributed by atoms with Crippen molar-refractivity contribution in [2.45, 2.75) is 98.7 Å². The number of aromatic nitrogens is 1. The summed E-state index contributed by atoms with van der Waals surface area (Å²) in [7, 11) is 0. The molecule has 5 rings (SSSR count). The molecule has 0 radical (unpaired) electrons. The Labute approximate surface area is 270 Å². The zero-order chi connectivity index (χ0) is 33.6. The Hall–Kier alpha value is -3.43. The van der Waals surface area contributed by atoms with E-state index < -0.39 is 29.4 Å². The number of benzene rings is 2. The van der Waals surface area contributed by atoms with Crippen LogP contribution in [0.4, 0.5) is 18.9 Å². The van der Waals surface area contributed by atoms with Gasteiger partial charge < -0.3 is 14.7 Å². The summed E-state index contributed by atoms with van der Waals surface area (Å²) in [5.74, 6) is -1.04. The third-order valence-electron chi connectivity index (χ3n) is 9.22. The molecule has 1 N–H and O–H groups in total. The Morgan fingerprint density at radius 2 is 1.70 bits per heavy atom. The highest BCUT2D eigenvalue weighted by Gasteiger charge is 2.37. The molecule has 0 bridgehead atoms. The Morgan fingerprint density at radius 1 is 1.00 bits per heavy atom. The van der Waals surface area contributed by atoms with Crippen LogP contribution in [0.1, 0.15) is 92.8 Å². The van der Waals surface area contributed by atoms with Gasteiger partial charge in [0.05, 0.1) is 16.9 Å². The van der Waals surface area contributed by atoms with E-state index in [2.05, 4.69) is 41.8 Å². The molecule has 0 saturated carbocycles. The van der Waals surface area contributed by atoms with Gasteiger partial charge in [0, 0.05) is 55.2 Å². The molecule has 9 heteroatoms. The quantitative estimate of drug-likeness (QED) is 0.280. The first-order valence-electron chi connectivity index (χ1n) is 16.1. The number of ether oxygens (including phenoxy) is 1. The van der Waals surface area contributed by atoms with Crippen LogP contribution in [0.2, 0.25) is 0 Å². The number of nitrogens with zero attached hydrogens (tertiary/aromatic N) is 3. The molecule has 1 aromatic heterocycles. The summed E-state index contributed by atoms with van der Waals surface area (Å²) < 4.78 is 46.0. The summed E-state index contributed by atoms with van der Waals surface area (Å²) >= 11 is 0. The Balaban J connectivity index is 1.53. The second-order valence-electron chi connectivity index (χ2n) is 14.7. The van der Waals surface area contributed by atoms with Gasteiger partial charge in [-0.25, -0.2) is 4.79 Å². The number of hydrogen-bond acceptors (Lipinski definition) is 5. The van der Waals surface area contributed by atoms with E-state index in [-0.39, 0.29) is 5.41 Å². The molecule has 1 atom stereocenters. The number of carbonyl (C=O) groups is 1. The predicted octanol–water partition coefficient (Wildman–Crippen LogP) is 8.51. The summed E-state index contributed by atoms with van der Waals surface area (Å²) in [6.45, 7) is 17.4. The molecule has 0 amide bonds. The number of hydrogen-bond donors (Lipinski definition) is 1. The largest absolute Gasteiger partial charge is 0.479 e. The van der Waals surface area contributed by atoms with Crippen LogP contribution in [0.15, 0.2) is 42.5 Å². The summed E-state index contributed by atoms with van der Waals surface area (Å²) in [5, 5.41) is 10.5. The van der Waals surface area contributed by atoms with E-state index in [0.717, 1.165) is 73.0 Å². The summed E-state index contributed by atoms with van der Waals surface area (Å²) in [5.41, 5.74) is 6.75. The first-order valence-corrected chi connectivity index (χ1v) is 16.1. The van der Waals surface area contributed by atoms with Crippen molar-refractivity contribution < 1.29 is 27.8 Å². The maximum Gasteiger partial charge on any atom is 0.416 e. The highest BCUT2D eigenvalue weighted by atomic mass is 19.4. The van der Waals surface area contributed by atoms with Gasteiger partial charge in [-0.05, 0) is 87.6 Å². The number of halogens is 3. The number of carboxylic acid groups (broad SMARTS) is 1. The van der Waals surface area contributed by atoms with Gasteiger partial charge in [0.1, 0.15) is 0 Å². The fraction of sp³-hybridized carbons (Fsp3) is 0.514. The topological polar surface area (TPSA) is 65.9 Å². The SMILES string of the molecule is Cc1nc(C)c([C@H](OC(C)(C)C)C(=O)O)c(N2CCC(C)(C)CC2)c1-c1ccc2c(c1)CCN(Cc1cccc(C(F)(F)F)c1)C2. The van der Waals surface area contributed by atoms with E-state index >= 15 is 0 Å². The van der Waals surface area contributed by atoms with E-state index in [0.29, 0.717) is 29.9 Å². The average Bonchev–Trinajstić information content (AvgIpc) is 2.95. The van der Waals surface area contributed by atoms with Gasteiger partial charge in [0.2, 0.25) is 0 Å². The predicted molar refractivity (Wildman–Crippen MR) is 175 cm³/mol. The third kappa shape index (κ3) is 7.58. The van der Waals surface area contributed by atoms with E-state index in [1.807, 2.05) is 34.6 Å². The maximum atomic E-state index is 13.3. The molecule has 3 heterocycles. The number of alkyl halides is 3. The minimum Gasteiger partial charge on any atom is -0.479 e. The molecule has 3 aromatic rings. The number of fused-ring (bicyclic) bond motifs is 1. The van der Waals surface area contributed by atoms with Crippen LogP contribution in [0.5, 0.6) is 0 Å². The summed E-state index contributed by atoms with van der Waals surface area (Å²) in [6.07, 6.45) is -2.83. The zero-order valence-electron chi connectivity index (χ0n) is 28.0. The van der Waals surface area contributed by atoms with Crippen LogP contribution in [-0.4, -0.2) is 46.2 Å². The van der Waals surface area contributed by atoms with Crippen molar-refractivity contribution in [1.82, 2.24) is 9.88 Å². The molecule has 248 valence electrons. The van der Waals surface area contributed by atoms with Gasteiger partial charge in [-0.1, -0.05) is 50.2 Å². The standard InChI is InChI=1S/C37H46F3N3O3/c1-23-30(27-11-12-28-22-42(16-13-26(28)20-27)21-25-9-8-10-29(19-25)37(38,39)40)32(43-17-14-36(6,7)15-18-43)31(24(2)41-23)33(34(44)45)46-35(3,4)5/h8-12,19-20,33H,13-18,21-22H2,1-7H3,(H,44,45)/t33-/m0/s1. The van der Waals surface area contributed by atoms with Crippen LogP contribution in [0.3, 0.4) is 0 Å². The molecule has 0 unspecified atom stereocenters. The number of rotatable bonds is 7. The van der Waals surface area contributed by atoms with Crippen molar-refractivity contribution in [2.75, 3.05) is 24.5 Å². The molecule has 1 saturated heterocycles. The molecule has 2 aliphatic heterocycles. The van der Waals surface area contributed by atoms with Gasteiger partial charge in [-0.3, -0.25) is 9.88 Å². The molecule has 6 nitrogen and oxygen atoms in total. The molecule has 1 fully saturated rings. The van der Waals surface area contributed by atoms with E-state index in [9.17, 15) is 23.1 Å². The molecular weight excluding hydrogens is 591 g/mol. The van der Waals surface area contributed by atoms with Crippen molar-refractivity contribution in [3.8, 4) is 11.1 Å². The van der Waals surface area contributed by atoms with Gasteiger partial charge in [0.15, 0.2) is 6.10 Å². The Kier molecular flexibility index (Phi) is 9.32. The summed E-state index contributed by atoms with van der Waals surface area (Å²) in [6, 6.07) is 11.9. The lowest BCUT2D eigenvalue weighted by atomic mass is 9.81. The molecule has 2 aromatic carbocycles. The van der Waals surface area contributed by atoms with Crippen molar-refractivity contribution in [3.05, 3.63) is 81.7 Å². The number of pyridine rings is 1. The first-order chi connectivity index (χ1) is 21.4. The zero-order valence-corrected chi connectivity index (χ0v) is 28.0. The van der Waals surface area contributed by atoms with Crippen LogP contribution >= 0.6 is 0 Å². The highest BCUT2D eigenvalue weighted by Crippen LogP contribution is 2.45. The number of piperidine rings is 1. The van der Waals surface area contributed by atoms with E-state index in [4.69, 9.17) is 9.72 Å². The Morgan fingerprint density at radius 3 is 2.33 bits per heavy atom. The van der Waals surface area contributed by atoms with Crippen LogP contribution < -0.4 is 4.90 Å². The number of anilines is 1. The van der Waals surface area contributed by atoms with E-state index in [1.54, 1.807) is 6.07 Å². The number of carboxylic acids is 1. The normalized spacial score (nSPS) is 17.9. The maximum absolute atomic E-state index is 13.3. The third-order valence-corrected chi connectivity index (χ3v) is 9.22. The van der Waals surface area contributed by atoms with Crippen molar-refractivity contribution in [2.24, 2.45) is 5.41 Å². The minimum absolute atomic E-state index is 0.202. The van der Waals surface area contributed by atoms with Gasteiger partial charge in [-0.2, -0.15) is 13.2 Å². The molecular formula is C37H46F3N3O3. The molecule has 2 aliphatic rings. The van der Waals surface area contributed by atoms with Gasteiger partial charge in [-0.15, -0.1) is 0 Å². The summed E-state index contributed by atoms with van der Waals surface area (Å²) in [4.78, 5) is 22.2. The fourth-order valence-corrected chi connectivity index (χ4v) is 6.76. The van der Waals surface area contributed by atoms with Crippen LogP contribution in [0, 0.1) is 19.3 Å². The minimum atomic E-state index is -4.36. The lowest BCUT2D eigenvalue weighted by Crippen LogP contribution is -2.39.